The SMILES string of the molecule is CCC1(c2ccccc2)NC(=O)N(CC(=O)Nc2ccc(F)c(NC(C)=O)c2)C1=O. The number of imide groups is 1. The Hall–Kier alpha value is -3.75. The van der Waals surface area contributed by atoms with Crippen LogP contribution in [0.15, 0.2) is 48.5 Å². The largest absolute Gasteiger partial charge is 0.325 e. The lowest BCUT2D eigenvalue weighted by molar-refractivity contribution is -0.134. The molecule has 9 heteroatoms. The number of carbonyl (C=O) groups is 4. The standard InChI is InChI=1S/C21H21FN4O4/c1-3-21(14-7-5-4-6-8-14)19(29)26(20(30)25-21)12-18(28)24-15-9-10-16(22)17(11-15)23-13(2)27/h4-11H,3,12H2,1-2H3,(H,23,27)(H,24,28)(H,25,30). The van der Waals surface area contributed by atoms with Crippen molar-refractivity contribution in [2.45, 2.75) is 25.8 Å². The molecule has 1 fully saturated rings. The molecule has 1 aliphatic heterocycles. The lowest BCUT2D eigenvalue weighted by Crippen LogP contribution is -2.44. The van der Waals surface area contributed by atoms with Gasteiger partial charge in [-0.05, 0) is 30.2 Å². The molecule has 0 radical (unpaired) electrons. The van der Waals surface area contributed by atoms with Crippen LogP contribution >= 0.6 is 0 Å². The molecule has 0 bridgehead atoms. The van der Waals surface area contributed by atoms with Crippen LogP contribution in [0.3, 0.4) is 0 Å². The quantitative estimate of drug-likeness (QED) is 0.634. The normalized spacial score (nSPS) is 18.2. The first kappa shape index (κ1) is 21.0. The van der Waals surface area contributed by atoms with Crippen molar-refractivity contribution in [3.05, 3.63) is 59.9 Å². The summed E-state index contributed by atoms with van der Waals surface area (Å²) in [5, 5.41) is 7.52. The molecule has 2 aromatic carbocycles. The second-order valence-electron chi connectivity index (χ2n) is 6.87. The molecule has 1 aliphatic rings. The van der Waals surface area contributed by atoms with Crippen molar-refractivity contribution in [2.24, 2.45) is 0 Å². The first-order chi connectivity index (χ1) is 14.3. The highest BCUT2D eigenvalue weighted by atomic mass is 19.1. The van der Waals surface area contributed by atoms with Crippen LogP contribution in [0.5, 0.6) is 0 Å². The second-order valence-corrected chi connectivity index (χ2v) is 6.87. The zero-order chi connectivity index (χ0) is 21.9. The molecule has 0 aliphatic carbocycles. The summed E-state index contributed by atoms with van der Waals surface area (Å²) in [5.41, 5.74) is -0.480. The summed E-state index contributed by atoms with van der Waals surface area (Å²) in [6.07, 6.45) is 0.317. The van der Waals surface area contributed by atoms with Gasteiger partial charge in [-0.25, -0.2) is 9.18 Å². The summed E-state index contributed by atoms with van der Waals surface area (Å²) in [6.45, 7) is 2.50. The van der Waals surface area contributed by atoms with E-state index in [1.54, 1.807) is 37.3 Å². The van der Waals surface area contributed by atoms with Crippen LogP contribution in [0.4, 0.5) is 20.6 Å². The van der Waals surface area contributed by atoms with Crippen molar-refractivity contribution in [1.29, 1.82) is 0 Å². The van der Waals surface area contributed by atoms with Crippen LogP contribution in [-0.4, -0.2) is 35.2 Å². The number of urea groups is 1. The van der Waals surface area contributed by atoms with Gasteiger partial charge in [0, 0.05) is 12.6 Å². The first-order valence-electron chi connectivity index (χ1n) is 9.33. The van der Waals surface area contributed by atoms with Crippen molar-refractivity contribution in [1.82, 2.24) is 10.2 Å². The van der Waals surface area contributed by atoms with Gasteiger partial charge >= 0.3 is 6.03 Å². The van der Waals surface area contributed by atoms with Crippen molar-refractivity contribution in [3.8, 4) is 0 Å². The highest BCUT2D eigenvalue weighted by Crippen LogP contribution is 2.32. The number of nitrogens with zero attached hydrogens (tertiary/aromatic N) is 1. The molecule has 2 aromatic rings. The molecule has 1 heterocycles. The van der Waals surface area contributed by atoms with Crippen LogP contribution in [0.1, 0.15) is 25.8 Å². The third kappa shape index (κ3) is 4.00. The van der Waals surface area contributed by atoms with Gasteiger partial charge in [-0.2, -0.15) is 0 Å². The van der Waals surface area contributed by atoms with Crippen LogP contribution in [0, 0.1) is 5.82 Å². The van der Waals surface area contributed by atoms with Crippen LogP contribution in [0.25, 0.3) is 0 Å². The Morgan fingerprint density at radius 3 is 2.43 bits per heavy atom. The maximum Gasteiger partial charge on any atom is 0.325 e. The summed E-state index contributed by atoms with van der Waals surface area (Å²) in [5.74, 6) is -2.28. The smallest absolute Gasteiger partial charge is 0.324 e. The molecular weight excluding hydrogens is 391 g/mol. The number of hydrogen-bond acceptors (Lipinski definition) is 4. The second kappa shape index (κ2) is 8.32. The van der Waals surface area contributed by atoms with E-state index in [1.165, 1.54) is 19.1 Å². The van der Waals surface area contributed by atoms with E-state index in [1.807, 2.05) is 0 Å². The molecule has 156 valence electrons. The fraction of sp³-hybridized carbons (Fsp3) is 0.238. The number of anilines is 2. The van der Waals surface area contributed by atoms with E-state index in [2.05, 4.69) is 16.0 Å². The Bertz CT molecular complexity index is 1010. The molecular formula is C21H21FN4O4. The number of nitrogens with one attached hydrogen (secondary N) is 3. The molecule has 0 spiro atoms. The maximum absolute atomic E-state index is 13.7. The molecule has 8 nitrogen and oxygen atoms in total. The minimum atomic E-state index is -1.23. The highest BCUT2D eigenvalue weighted by molar-refractivity contribution is 6.10. The zero-order valence-corrected chi connectivity index (χ0v) is 16.5. The predicted octanol–water partition coefficient (Wildman–Crippen LogP) is 2.58. The number of halogens is 1. The minimum absolute atomic E-state index is 0.0932. The average Bonchev–Trinajstić information content (AvgIpc) is 2.96. The zero-order valence-electron chi connectivity index (χ0n) is 16.5. The molecule has 1 atom stereocenters. The number of carbonyl (C=O) groups excluding carboxylic acids is 4. The van der Waals surface area contributed by atoms with E-state index in [-0.39, 0.29) is 11.4 Å². The Labute approximate surface area is 172 Å². The Kier molecular flexibility index (Phi) is 5.81. The van der Waals surface area contributed by atoms with Crippen molar-refractivity contribution in [3.63, 3.8) is 0 Å². The topological polar surface area (TPSA) is 108 Å². The molecule has 0 saturated carbocycles. The highest BCUT2D eigenvalue weighted by Gasteiger charge is 2.51. The maximum atomic E-state index is 13.7. The average molecular weight is 412 g/mol. The summed E-state index contributed by atoms with van der Waals surface area (Å²) in [6, 6.07) is 11.8. The first-order valence-corrected chi connectivity index (χ1v) is 9.33. The lowest BCUT2D eigenvalue weighted by atomic mass is 9.87. The fourth-order valence-corrected chi connectivity index (χ4v) is 3.36. The van der Waals surface area contributed by atoms with Crippen molar-refractivity contribution < 1.29 is 23.6 Å². The fourth-order valence-electron chi connectivity index (χ4n) is 3.36. The Morgan fingerprint density at radius 1 is 1.10 bits per heavy atom. The third-order valence-corrected chi connectivity index (χ3v) is 4.84. The van der Waals surface area contributed by atoms with Crippen LogP contribution in [0.2, 0.25) is 0 Å². The van der Waals surface area contributed by atoms with E-state index in [9.17, 15) is 23.6 Å². The van der Waals surface area contributed by atoms with E-state index in [0.29, 0.717) is 12.0 Å². The molecule has 5 amide bonds. The van der Waals surface area contributed by atoms with Crippen molar-refractivity contribution in [2.75, 3.05) is 17.2 Å². The summed E-state index contributed by atoms with van der Waals surface area (Å²) in [4.78, 5) is 50.0. The lowest BCUT2D eigenvalue weighted by Gasteiger charge is -2.25. The van der Waals surface area contributed by atoms with E-state index in [0.717, 1.165) is 11.0 Å². The van der Waals surface area contributed by atoms with E-state index in [4.69, 9.17) is 0 Å². The van der Waals surface area contributed by atoms with Gasteiger partial charge in [0.15, 0.2) is 0 Å². The number of benzene rings is 2. The van der Waals surface area contributed by atoms with Crippen LogP contribution < -0.4 is 16.0 Å². The molecule has 30 heavy (non-hydrogen) atoms. The molecule has 1 unspecified atom stereocenters. The minimum Gasteiger partial charge on any atom is -0.324 e. The number of hydrogen-bond donors (Lipinski definition) is 3. The monoisotopic (exact) mass is 412 g/mol. The third-order valence-electron chi connectivity index (χ3n) is 4.84. The van der Waals surface area contributed by atoms with Gasteiger partial charge in [-0.3, -0.25) is 19.3 Å². The Balaban J connectivity index is 1.75. The van der Waals surface area contributed by atoms with Gasteiger partial charge in [0.05, 0.1) is 5.69 Å². The number of amides is 5. The molecule has 0 aromatic heterocycles. The summed E-state index contributed by atoms with van der Waals surface area (Å²) in [7, 11) is 0. The van der Waals surface area contributed by atoms with Gasteiger partial charge in [0.1, 0.15) is 17.9 Å². The summed E-state index contributed by atoms with van der Waals surface area (Å²) >= 11 is 0. The van der Waals surface area contributed by atoms with Crippen molar-refractivity contribution >= 4 is 35.1 Å². The van der Waals surface area contributed by atoms with E-state index < -0.39 is 41.7 Å². The van der Waals surface area contributed by atoms with Gasteiger partial charge in [-0.1, -0.05) is 37.3 Å². The summed E-state index contributed by atoms with van der Waals surface area (Å²) < 4.78 is 13.7. The predicted molar refractivity (Wildman–Crippen MR) is 108 cm³/mol. The van der Waals surface area contributed by atoms with Gasteiger partial charge < -0.3 is 16.0 Å². The Morgan fingerprint density at radius 2 is 1.80 bits per heavy atom. The van der Waals surface area contributed by atoms with Crippen LogP contribution in [-0.2, 0) is 19.9 Å². The van der Waals surface area contributed by atoms with E-state index >= 15 is 0 Å². The molecule has 3 N–H and O–H groups in total. The van der Waals surface area contributed by atoms with Gasteiger partial charge in [0.25, 0.3) is 5.91 Å². The van der Waals surface area contributed by atoms with Gasteiger partial charge in [-0.15, -0.1) is 0 Å². The molecule has 3 rings (SSSR count). The molecule has 1 saturated heterocycles. The van der Waals surface area contributed by atoms with Gasteiger partial charge in [0.2, 0.25) is 11.8 Å². The number of rotatable bonds is 6.